The second kappa shape index (κ2) is 7.48. The molecule has 1 aromatic carbocycles. The smallest absolute Gasteiger partial charge is 0.161 e. The fourth-order valence-electron chi connectivity index (χ4n) is 2.68. The second-order valence-corrected chi connectivity index (χ2v) is 5.68. The van der Waals surface area contributed by atoms with E-state index in [1.54, 1.807) is 7.11 Å². The molecule has 2 rings (SSSR count). The molecule has 0 aromatic heterocycles. The number of aliphatic hydroxyl groups excluding tert-OH is 1. The summed E-state index contributed by atoms with van der Waals surface area (Å²) in [5, 5.41) is 9.40. The molecule has 0 unspecified atom stereocenters. The molecule has 0 radical (unpaired) electrons. The highest BCUT2D eigenvalue weighted by Crippen LogP contribution is 2.30. The highest BCUT2D eigenvalue weighted by molar-refractivity contribution is 5.43. The van der Waals surface area contributed by atoms with Gasteiger partial charge < -0.3 is 14.6 Å². The third-order valence-electron chi connectivity index (χ3n) is 3.80. The second-order valence-electron chi connectivity index (χ2n) is 5.68. The standard InChI is InChI=1S/C17H25NO3/c1-13(2)12-21-17-9-14(6-7-16(17)20-3)10-18-8-4-5-15(18)11-19/h6-7,9,15,19H,1,4-5,8,10-12H2,2-3H3/t15-/m1/s1. The Labute approximate surface area is 127 Å². The Balaban J connectivity index is 2.09. The number of rotatable bonds is 7. The van der Waals surface area contributed by atoms with Gasteiger partial charge in [-0.15, -0.1) is 0 Å². The molecule has 0 aliphatic carbocycles. The summed E-state index contributed by atoms with van der Waals surface area (Å²) < 4.78 is 11.1. The Hall–Kier alpha value is -1.52. The number of aliphatic hydroxyl groups is 1. The molecular weight excluding hydrogens is 266 g/mol. The molecule has 116 valence electrons. The van der Waals surface area contributed by atoms with Crippen LogP contribution < -0.4 is 9.47 Å². The van der Waals surface area contributed by atoms with Crippen molar-refractivity contribution in [3.63, 3.8) is 0 Å². The number of methoxy groups -OCH3 is 1. The fraction of sp³-hybridized carbons (Fsp3) is 0.529. The summed E-state index contributed by atoms with van der Waals surface area (Å²) in [6.45, 7) is 8.38. The molecule has 0 amide bonds. The van der Waals surface area contributed by atoms with Crippen molar-refractivity contribution in [3.05, 3.63) is 35.9 Å². The summed E-state index contributed by atoms with van der Waals surface area (Å²) in [6.07, 6.45) is 2.23. The zero-order valence-corrected chi connectivity index (χ0v) is 13.0. The van der Waals surface area contributed by atoms with Crippen LogP contribution in [0.4, 0.5) is 0 Å². The van der Waals surface area contributed by atoms with Crippen molar-refractivity contribution >= 4 is 0 Å². The van der Waals surface area contributed by atoms with Crippen molar-refractivity contribution in [1.29, 1.82) is 0 Å². The van der Waals surface area contributed by atoms with Crippen LogP contribution >= 0.6 is 0 Å². The summed E-state index contributed by atoms with van der Waals surface area (Å²) >= 11 is 0. The van der Waals surface area contributed by atoms with Crippen LogP contribution in [0.5, 0.6) is 11.5 Å². The molecule has 0 saturated carbocycles. The molecule has 1 fully saturated rings. The lowest BCUT2D eigenvalue weighted by molar-refractivity contribution is 0.153. The summed E-state index contributed by atoms with van der Waals surface area (Å²) in [7, 11) is 1.64. The molecule has 1 heterocycles. The van der Waals surface area contributed by atoms with Crippen LogP contribution in [-0.2, 0) is 6.54 Å². The van der Waals surface area contributed by atoms with Crippen LogP contribution in [0.25, 0.3) is 0 Å². The molecule has 21 heavy (non-hydrogen) atoms. The lowest BCUT2D eigenvalue weighted by Gasteiger charge is -2.23. The van der Waals surface area contributed by atoms with Gasteiger partial charge in [-0.05, 0) is 49.6 Å². The van der Waals surface area contributed by atoms with E-state index in [-0.39, 0.29) is 12.6 Å². The maximum Gasteiger partial charge on any atom is 0.161 e. The number of nitrogens with zero attached hydrogens (tertiary/aromatic N) is 1. The molecule has 0 bridgehead atoms. The van der Waals surface area contributed by atoms with Crippen LogP contribution in [0.3, 0.4) is 0 Å². The van der Waals surface area contributed by atoms with Crippen molar-refractivity contribution in [1.82, 2.24) is 4.90 Å². The van der Waals surface area contributed by atoms with Crippen molar-refractivity contribution in [2.45, 2.75) is 32.4 Å². The van der Waals surface area contributed by atoms with Crippen LogP contribution in [0.2, 0.25) is 0 Å². The molecule has 1 aliphatic rings. The van der Waals surface area contributed by atoms with Gasteiger partial charge in [0.05, 0.1) is 13.7 Å². The minimum Gasteiger partial charge on any atom is -0.493 e. The normalized spacial score (nSPS) is 18.7. The van der Waals surface area contributed by atoms with Crippen LogP contribution in [-0.4, -0.2) is 42.9 Å². The molecule has 0 spiro atoms. The van der Waals surface area contributed by atoms with E-state index in [9.17, 15) is 5.11 Å². The van der Waals surface area contributed by atoms with Gasteiger partial charge in [-0.25, -0.2) is 0 Å². The van der Waals surface area contributed by atoms with E-state index in [2.05, 4.69) is 17.5 Å². The van der Waals surface area contributed by atoms with E-state index in [1.807, 2.05) is 19.1 Å². The van der Waals surface area contributed by atoms with E-state index in [1.165, 1.54) is 5.56 Å². The number of benzene rings is 1. The molecule has 1 N–H and O–H groups in total. The van der Waals surface area contributed by atoms with Crippen molar-refractivity contribution in [2.75, 3.05) is 26.9 Å². The van der Waals surface area contributed by atoms with Gasteiger partial charge in [0.25, 0.3) is 0 Å². The van der Waals surface area contributed by atoms with Gasteiger partial charge in [-0.2, -0.15) is 0 Å². The number of likely N-dealkylation sites (tertiary alicyclic amines) is 1. The summed E-state index contributed by atoms with van der Waals surface area (Å²) in [5.41, 5.74) is 2.15. The summed E-state index contributed by atoms with van der Waals surface area (Å²) in [6, 6.07) is 6.30. The predicted octanol–water partition coefficient (Wildman–Crippen LogP) is 2.61. The Morgan fingerprint density at radius 3 is 2.90 bits per heavy atom. The lowest BCUT2D eigenvalue weighted by Crippen LogP contribution is -2.31. The largest absolute Gasteiger partial charge is 0.493 e. The first kappa shape index (κ1) is 15.9. The van der Waals surface area contributed by atoms with Gasteiger partial charge in [-0.3, -0.25) is 4.90 Å². The predicted molar refractivity (Wildman–Crippen MR) is 83.8 cm³/mol. The average Bonchev–Trinajstić information content (AvgIpc) is 2.92. The van der Waals surface area contributed by atoms with Crippen molar-refractivity contribution < 1.29 is 14.6 Å². The molecule has 4 heteroatoms. The lowest BCUT2D eigenvalue weighted by atomic mass is 10.1. The quantitative estimate of drug-likeness (QED) is 0.784. The molecule has 1 aromatic rings. The highest BCUT2D eigenvalue weighted by atomic mass is 16.5. The van der Waals surface area contributed by atoms with Gasteiger partial charge in [0.2, 0.25) is 0 Å². The highest BCUT2D eigenvalue weighted by Gasteiger charge is 2.23. The minimum atomic E-state index is 0.231. The average molecular weight is 291 g/mol. The summed E-state index contributed by atoms with van der Waals surface area (Å²) in [4.78, 5) is 2.32. The first-order chi connectivity index (χ1) is 10.1. The van der Waals surface area contributed by atoms with E-state index in [0.29, 0.717) is 6.61 Å². The van der Waals surface area contributed by atoms with E-state index >= 15 is 0 Å². The van der Waals surface area contributed by atoms with Gasteiger partial charge in [0.1, 0.15) is 6.61 Å². The van der Waals surface area contributed by atoms with Gasteiger partial charge in [0.15, 0.2) is 11.5 Å². The first-order valence-corrected chi connectivity index (χ1v) is 7.43. The van der Waals surface area contributed by atoms with Gasteiger partial charge in [0, 0.05) is 12.6 Å². The van der Waals surface area contributed by atoms with Crippen molar-refractivity contribution in [3.8, 4) is 11.5 Å². The number of hydrogen-bond acceptors (Lipinski definition) is 4. The van der Waals surface area contributed by atoms with Gasteiger partial charge in [-0.1, -0.05) is 12.6 Å². The van der Waals surface area contributed by atoms with Crippen LogP contribution in [0.15, 0.2) is 30.4 Å². The zero-order chi connectivity index (χ0) is 15.2. The number of ether oxygens (including phenoxy) is 2. The monoisotopic (exact) mass is 291 g/mol. The Morgan fingerprint density at radius 1 is 1.43 bits per heavy atom. The third kappa shape index (κ3) is 4.22. The Kier molecular flexibility index (Phi) is 5.65. The third-order valence-corrected chi connectivity index (χ3v) is 3.80. The van der Waals surface area contributed by atoms with Crippen LogP contribution in [0, 0.1) is 0 Å². The van der Waals surface area contributed by atoms with Gasteiger partial charge >= 0.3 is 0 Å². The first-order valence-electron chi connectivity index (χ1n) is 7.43. The molecule has 4 nitrogen and oxygen atoms in total. The van der Waals surface area contributed by atoms with E-state index < -0.39 is 0 Å². The number of hydrogen-bond donors (Lipinski definition) is 1. The van der Waals surface area contributed by atoms with E-state index in [4.69, 9.17) is 9.47 Å². The summed E-state index contributed by atoms with van der Waals surface area (Å²) in [5.74, 6) is 1.48. The minimum absolute atomic E-state index is 0.231. The maximum atomic E-state index is 9.40. The molecular formula is C17H25NO3. The maximum absolute atomic E-state index is 9.40. The van der Waals surface area contributed by atoms with Crippen molar-refractivity contribution in [2.24, 2.45) is 0 Å². The molecule has 1 atom stereocenters. The Morgan fingerprint density at radius 2 is 2.24 bits per heavy atom. The fourth-order valence-corrected chi connectivity index (χ4v) is 2.68. The van der Waals surface area contributed by atoms with E-state index in [0.717, 1.165) is 43.0 Å². The topological polar surface area (TPSA) is 41.9 Å². The SMILES string of the molecule is C=C(C)COc1cc(CN2CCC[C@@H]2CO)ccc1OC. The zero-order valence-electron chi connectivity index (χ0n) is 13.0. The molecule has 1 aliphatic heterocycles. The Bertz CT molecular complexity index is 487. The van der Waals surface area contributed by atoms with Crippen LogP contribution in [0.1, 0.15) is 25.3 Å². The molecule has 1 saturated heterocycles.